The molecule has 4 rings (SSSR count). The van der Waals surface area contributed by atoms with Gasteiger partial charge in [-0.05, 0) is 35.7 Å². The molecule has 0 fully saturated rings. The van der Waals surface area contributed by atoms with Gasteiger partial charge in [0.2, 0.25) is 10.0 Å². The van der Waals surface area contributed by atoms with E-state index in [0.717, 1.165) is 21.0 Å². The van der Waals surface area contributed by atoms with Gasteiger partial charge in [0.05, 0.1) is 15.1 Å². The van der Waals surface area contributed by atoms with Gasteiger partial charge < -0.3 is 4.57 Å². The first-order valence-corrected chi connectivity index (χ1v) is 13.2. The van der Waals surface area contributed by atoms with Crippen LogP contribution in [0.4, 0.5) is 0 Å². The molecule has 1 aromatic heterocycles. The molecule has 4 aromatic rings. The molecular weight excluding hydrogens is 478 g/mol. The highest BCUT2D eigenvalue weighted by Gasteiger charge is 2.22. The molecule has 0 spiro atoms. The second-order valence-corrected chi connectivity index (χ2v) is 10.7. The monoisotopic (exact) mass is 503 g/mol. The van der Waals surface area contributed by atoms with Crippen molar-refractivity contribution in [2.24, 2.45) is 4.99 Å². The van der Waals surface area contributed by atoms with Crippen LogP contribution < -0.4 is 4.80 Å². The van der Waals surface area contributed by atoms with Crippen LogP contribution in [-0.4, -0.2) is 36.3 Å². The van der Waals surface area contributed by atoms with Crippen LogP contribution in [0.3, 0.4) is 0 Å². The standard InChI is InChI=1S/C27H25N3O3S2/c1-4-17-29(18-5-2)35(32,33)22-14-11-21(12-15-22)26(31)28-27-30(19-6-3)24-16-13-20-9-7-8-10-23(20)25(24)34-27/h4-16H,1-3,17-19H2. The summed E-state index contributed by atoms with van der Waals surface area (Å²) in [6.45, 7) is 11.9. The molecular formula is C27H25N3O3S2. The molecule has 178 valence electrons. The largest absolute Gasteiger partial charge is 0.312 e. The number of allylic oxidation sites excluding steroid dienone is 1. The lowest BCUT2D eigenvalue weighted by Crippen LogP contribution is -2.31. The zero-order valence-corrected chi connectivity index (χ0v) is 20.8. The second-order valence-electron chi connectivity index (χ2n) is 7.76. The van der Waals surface area contributed by atoms with E-state index in [9.17, 15) is 13.2 Å². The Morgan fingerprint density at radius 1 is 0.943 bits per heavy atom. The van der Waals surface area contributed by atoms with E-state index in [-0.39, 0.29) is 18.0 Å². The topological polar surface area (TPSA) is 71.7 Å². The van der Waals surface area contributed by atoms with Gasteiger partial charge >= 0.3 is 0 Å². The van der Waals surface area contributed by atoms with Crippen LogP contribution in [0.2, 0.25) is 0 Å². The maximum absolute atomic E-state index is 13.0. The Kier molecular flexibility index (Phi) is 7.25. The van der Waals surface area contributed by atoms with Crippen molar-refractivity contribution < 1.29 is 13.2 Å². The van der Waals surface area contributed by atoms with Crippen molar-refractivity contribution in [1.82, 2.24) is 8.87 Å². The Bertz CT molecular complexity index is 1600. The molecule has 0 aliphatic rings. The summed E-state index contributed by atoms with van der Waals surface area (Å²) in [6, 6.07) is 18.0. The Labute approximate surface area is 208 Å². The number of aromatic nitrogens is 1. The zero-order valence-electron chi connectivity index (χ0n) is 19.1. The number of rotatable bonds is 9. The number of nitrogens with zero attached hydrogens (tertiary/aromatic N) is 3. The number of fused-ring (bicyclic) bond motifs is 3. The molecule has 1 heterocycles. The summed E-state index contributed by atoms with van der Waals surface area (Å²) in [7, 11) is -3.74. The first kappa shape index (κ1) is 24.5. The smallest absolute Gasteiger partial charge is 0.279 e. The number of carbonyl (C=O) groups excluding carboxylic acids is 1. The summed E-state index contributed by atoms with van der Waals surface area (Å²) in [4.78, 5) is 18.1. The lowest BCUT2D eigenvalue weighted by Gasteiger charge is -2.19. The molecule has 0 atom stereocenters. The summed E-state index contributed by atoms with van der Waals surface area (Å²) in [5, 5.41) is 2.21. The number of hydrogen-bond donors (Lipinski definition) is 0. The molecule has 1 amide bonds. The van der Waals surface area contributed by atoms with Gasteiger partial charge in [-0.25, -0.2) is 8.42 Å². The van der Waals surface area contributed by atoms with E-state index < -0.39 is 15.9 Å². The highest BCUT2D eigenvalue weighted by Crippen LogP contribution is 2.27. The van der Waals surface area contributed by atoms with E-state index in [2.05, 4.69) is 42.9 Å². The Balaban J connectivity index is 1.73. The van der Waals surface area contributed by atoms with Gasteiger partial charge in [0.1, 0.15) is 0 Å². The fourth-order valence-corrected chi connectivity index (χ4v) is 6.37. The SMILES string of the molecule is C=CCN(CC=C)S(=O)(=O)c1ccc(C(=O)N=c2sc3c4ccccc4ccc3n2CC=C)cc1. The van der Waals surface area contributed by atoms with E-state index in [0.29, 0.717) is 16.9 Å². The lowest BCUT2D eigenvalue weighted by molar-refractivity contribution is 0.0997. The summed E-state index contributed by atoms with van der Waals surface area (Å²) >= 11 is 1.44. The Morgan fingerprint density at radius 3 is 2.29 bits per heavy atom. The molecule has 0 aliphatic carbocycles. The molecule has 0 aliphatic heterocycles. The van der Waals surface area contributed by atoms with Gasteiger partial charge in [0, 0.05) is 30.6 Å². The van der Waals surface area contributed by atoms with Gasteiger partial charge in [0.15, 0.2) is 4.80 Å². The van der Waals surface area contributed by atoms with E-state index in [1.807, 2.05) is 22.8 Å². The maximum Gasteiger partial charge on any atom is 0.279 e. The van der Waals surface area contributed by atoms with Gasteiger partial charge in [-0.2, -0.15) is 9.30 Å². The number of thiazole rings is 1. The summed E-state index contributed by atoms with van der Waals surface area (Å²) < 4.78 is 30.1. The molecule has 0 N–H and O–H groups in total. The highest BCUT2D eigenvalue weighted by atomic mass is 32.2. The Morgan fingerprint density at radius 2 is 1.63 bits per heavy atom. The minimum atomic E-state index is -3.74. The van der Waals surface area contributed by atoms with Crippen molar-refractivity contribution in [3.63, 3.8) is 0 Å². The van der Waals surface area contributed by atoms with Crippen molar-refractivity contribution in [3.8, 4) is 0 Å². The fraction of sp³-hybridized carbons (Fsp3) is 0.111. The van der Waals surface area contributed by atoms with Crippen LogP contribution >= 0.6 is 11.3 Å². The van der Waals surface area contributed by atoms with E-state index in [1.165, 1.54) is 52.1 Å². The normalized spacial score (nSPS) is 12.3. The van der Waals surface area contributed by atoms with E-state index >= 15 is 0 Å². The molecule has 3 aromatic carbocycles. The van der Waals surface area contributed by atoms with Crippen molar-refractivity contribution >= 4 is 48.3 Å². The van der Waals surface area contributed by atoms with E-state index in [4.69, 9.17) is 0 Å². The molecule has 6 nitrogen and oxygen atoms in total. The van der Waals surface area contributed by atoms with Crippen LogP contribution in [0.1, 0.15) is 10.4 Å². The molecule has 35 heavy (non-hydrogen) atoms. The number of benzene rings is 3. The molecule has 0 unspecified atom stereocenters. The Hall–Kier alpha value is -3.59. The van der Waals surface area contributed by atoms with Crippen LogP contribution in [0, 0.1) is 0 Å². The first-order valence-electron chi connectivity index (χ1n) is 10.9. The number of carbonyl (C=O) groups is 1. The maximum atomic E-state index is 13.0. The molecule has 0 saturated heterocycles. The third kappa shape index (κ3) is 4.81. The minimum absolute atomic E-state index is 0.0906. The minimum Gasteiger partial charge on any atom is -0.312 e. The highest BCUT2D eigenvalue weighted by molar-refractivity contribution is 7.89. The molecule has 0 radical (unpaired) electrons. The first-order chi connectivity index (χ1) is 16.9. The summed E-state index contributed by atoms with van der Waals surface area (Å²) in [5.74, 6) is -0.448. The van der Waals surface area contributed by atoms with Gasteiger partial charge in [0.25, 0.3) is 5.91 Å². The summed E-state index contributed by atoms with van der Waals surface area (Å²) in [6.07, 6.45) is 4.80. The van der Waals surface area contributed by atoms with Crippen LogP contribution in [0.5, 0.6) is 0 Å². The third-order valence-corrected chi connectivity index (χ3v) is 8.46. The predicted octanol–water partition coefficient (Wildman–Crippen LogP) is 5.15. The van der Waals surface area contributed by atoms with Crippen molar-refractivity contribution in [2.75, 3.05) is 13.1 Å². The average molecular weight is 504 g/mol. The molecule has 8 heteroatoms. The van der Waals surface area contributed by atoms with Gasteiger partial charge in [-0.15, -0.1) is 19.7 Å². The second kappa shape index (κ2) is 10.4. The molecule has 0 saturated carbocycles. The van der Waals surface area contributed by atoms with Crippen LogP contribution in [0.25, 0.3) is 21.0 Å². The van der Waals surface area contributed by atoms with Gasteiger partial charge in [-0.3, -0.25) is 4.79 Å². The van der Waals surface area contributed by atoms with Crippen LogP contribution in [0.15, 0.2) is 109 Å². The van der Waals surface area contributed by atoms with Crippen LogP contribution in [-0.2, 0) is 16.6 Å². The fourth-order valence-electron chi connectivity index (χ4n) is 3.82. The number of sulfonamides is 1. The average Bonchev–Trinajstić information content (AvgIpc) is 3.21. The van der Waals surface area contributed by atoms with E-state index in [1.54, 1.807) is 6.08 Å². The quantitative estimate of drug-likeness (QED) is 0.297. The third-order valence-electron chi connectivity index (χ3n) is 5.49. The predicted molar refractivity (Wildman–Crippen MR) is 143 cm³/mol. The van der Waals surface area contributed by atoms with Crippen molar-refractivity contribution in [1.29, 1.82) is 0 Å². The van der Waals surface area contributed by atoms with Gasteiger partial charge in [-0.1, -0.05) is 59.9 Å². The van der Waals surface area contributed by atoms with Crippen molar-refractivity contribution in [3.05, 3.63) is 109 Å². The lowest BCUT2D eigenvalue weighted by atomic mass is 10.1. The summed E-state index contributed by atoms with van der Waals surface area (Å²) in [5.41, 5.74) is 1.28. The number of amides is 1. The van der Waals surface area contributed by atoms with Crippen molar-refractivity contribution in [2.45, 2.75) is 11.4 Å². The number of hydrogen-bond acceptors (Lipinski definition) is 4. The zero-order chi connectivity index (χ0) is 25.0. The molecule has 0 bridgehead atoms.